The van der Waals surface area contributed by atoms with Gasteiger partial charge in [0.05, 0.1) is 19.0 Å². The molecule has 0 fully saturated rings. The molecule has 0 bridgehead atoms. The summed E-state index contributed by atoms with van der Waals surface area (Å²) >= 11 is 0. The van der Waals surface area contributed by atoms with Gasteiger partial charge in [-0.05, 0) is 6.42 Å². The van der Waals surface area contributed by atoms with Crippen LogP contribution < -0.4 is 10.6 Å². The van der Waals surface area contributed by atoms with Crippen LogP contribution in [0.1, 0.15) is 6.42 Å². The van der Waals surface area contributed by atoms with Crippen LogP contribution in [0.3, 0.4) is 0 Å². The molecule has 2 N–H and O–H groups in total. The molecule has 0 aromatic heterocycles. The van der Waals surface area contributed by atoms with Crippen LogP contribution in [-0.4, -0.2) is 73.5 Å². The first-order valence-corrected chi connectivity index (χ1v) is 8.24. The van der Waals surface area contributed by atoms with Gasteiger partial charge >= 0.3 is 0 Å². The van der Waals surface area contributed by atoms with Gasteiger partial charge in [0.25, 0.3) is 0 Å². The maximum Gasteiger partial charge on any atom is 0.191 e. The van der Waals surface area contributed by atoms with Gasteiger partial charge in [-0.2, -0.15) is 0 Å². The van der Waals surface area contributed by atoms with Crippen molar-refractivity contribution < 1.29 is 17.9 Å². The zero-order valence-electron chi connectivity index (χ0n) is 11.9. The number of rotatable bonds is 10. The summed E-state index contributed by atoms with van der Waals surface area (Å²) in [7, 11) is 0.337. The van der Waals surface area contributed by atoms with E-state index in [4.69, 9.17) is 9.47 Å². The van der Waals surface area contributed by atoms with Crippen LogP contribution in [0.4, 0.5) is 0 Å². The van der Waals surface area contributed by atoms with Crippen LogP contribution in [0.25, 0.3) is 0 Å². The van der Waals surface area contributed by atoms with Crippen LogP contribution in [-0.2, 0) is 19.3 Å². The quantitative estimate of drug-likeness (QED) is 0.313. The number of aliphatic imine (C=N–C) groups is 1. The van der Waals surface area contributed by atoms with Gasteiger partial charge < -0.3 is 20.1 Å². The number of nitrogens with zero attached hydrogens (tertiary/aromatic N) is 1. The van der Waals surface area contributed by atoms with Crippen molar-refractivity contribution >= 4 is 15.8 Å². The first-order valence-electron chi connectivity index (χ1n) is 6.18. The second kappa shape index (κ2) is 11.0. The zero-order valence-corrected chi connectivity index (χ0v) is 12.8. The van der Waals surface area contributed by atoms with E-state index in [-0.39, 0.29) is 5.75 Å². The predicted octanol–water partition coefficient (Wildman–Crippen LogP) is -0.751. The first-order chi connectivity index (χ1) is 8.99. The fraction of sp³-hybridized carbons (Fsp3) is 0.909. The topological polar surface area (TPSA) is 89.0 Å². The Morgan fingerprint density at radius 2 is 1.84 bits per heavy atom. The minimum Gasteiger partial charge on any atom is -0.382 e. The maximum atomic E-state index is 11.0. The first kappa shape index (κ1) is 18.1. The highest BCUT2D eigenvalue weighted by atomic mass is 32.2. The highest BCUT2D eigenvalue weighted by molar-refractivity contribution is 7.90. The van der Waals surface area contributed by atoms with Gasteiger partial charge in [-0.3, -0.25) is 4.99 Å². The van der Waals surface area contributed by atoms with Gasteiger partial charge in [0, 0.05) is 40.1 Å². The Labute approximate surface area is 115 Å². The number of nitrogens with one attached hydrogen (secondary N) is 2. The monoisotopic (exact) mass is 295 g/mol. The summed E-state index contributed by atoms with van der Waals surface area (Å²) < 4.78 is 32.1. The lowest BCUT2D eigenvalue weighted by molar-refractivity contribution is 0.0698. The molecule has 8 heteroatoms. The molecular weight excluding hydrogens is 270 g/mol. The lowest BCUT2D eigenvalue weighted by Crippen LogP contribution is -2.40. The van der Waals surface area contributed by atoms with Crippen molar-refractivity contribution in [2.75, 3.05) is 59.1 Å². The predicted molar refractivity (Wildman–Crippen MR) is 76.4 cm³/mol. The van der Waals surface area contributed by atoms with Crippen LogP contribution in [0.2, 0.25) is 0 Å². The van der Waals surface area contributed by atoms with E-state index >= 15 is 0 Å². The van der Waals surface area contributed by atoms with Crippen LogP contribution >= 0.6 is 0 Å². The molecule has 0 heterocycles. The highest BCUT2D eigenvalue weighted by Gasteiger charge is 2.02. The number of methoxy groups -OCH3 is 1. The van der Waals surface area contributed by atoms with Crippen LogP contribution in [0.15, 0.2) is 4.99 Å². The van der Waals surface area contributed by atoms with E-state index < -0.39 is 9.84 Å². The van der Waals surface area contributed by atoms with Gasteiger partial charge in [0.1, 0.15) is 9.84 Å². The lowest BCUT2D eigenvalue weighted by Gasteiger charge is -2.11. The molecule has 0 rings (SSSR count). The van der Waals surface area contributed by atoms with Gasteiger partial charge in [0.15, 0.2) is 5.96 Å². The van der Waals surface area contributed by atoms with Crippen LogP contribution in [0, 0.1) is 0 Å². The molecule has 0 aliphatic rings. The van der Waals surface area contributed by atoms with Crippen molar-refractivity contribution in [2.45, 2.75) is 6.42 Å². The highest BCUT2D eigenvalue weighted by Crippen LogP contribution is 1.83. The molecule has 0 saturated heterocycles. The van der Waals surface area contributed by atoms with Crippen LogP contribution in [0.5, 0.6) is 0 Å². The Morgan fingerprint density at radius 1 is 1.16 bits per heavy atom. The summed E-state index contributed by atoms with van der Waals surface area (Å²) in [5, 5.41) is 6.02. The lowest BCUT2D eigenvalue weighted by atomic mass is 10.4. The molecule has 7 nitrogen and oxygen atoms in total. The summed E-state index contributed by atoms with van der Waals surface area (Å²) in [6, 6.07) is 0. The fourth-order valence-electron chi connectivity index (χ4n) is 1.20. The summed E-state index contributed by atoms with van der Waals surface area (Å²) in [4.78, 5) is 3.99. The molecule has 0 aliphatic heterocycles. The zero-order chi connectivity index (χ0) is 14.6. The molecular formula is C11H25N3O4S. The third-order valence-electron chi connectivity index (χ3n) is 2.18. The van der Waals surface area contributed by atoms with E-state index in [1.165, 1.54) is 6.26 Å². The second-order valence-electron chi connectivity index (χ2n) is 4.01. The normalized spacial score (nSPS) is 12.5. The van der Waals surface area contributed by atoms with Crippen molar-refractivity contribution in [2.24, 2.45) is 4.99 Å². The van der Waals surface area contributed by atoms with Crippen molar-refractivity contribution in [1.29, 1.82) is 0 Å². The van der Waals surface area contributed by atoms with E-state index in [2.05, 4.69) is 15.6 Å². The Kier molecular flexibility index (Phi) is 10.5. The number of ether oxygens (including phenoxy) is 2. The maximum absolute atomic E-state index is 11.0. The molecule has 19 heavy (non-hydrogen) atoms. The van der Waals surface area contributed by atoms with E-state index in [9.17, 15) is 8.42 Å². The molecule has 0 aromatic carbocycles. The van der Waals surface area contributed by atoms with Gasteiger partial charge in [-0.25, -0.2) is 8.42 Å². The summed E-state index contributed by atoms with van der Waals surface area (Å²) in [6.07, 6.45) is 2.05. The smallest absolute Gasteiger partial charge is 0.191 e. The fourth-order valence-corrected chi connectivity index (χ4v) is 1.67. The average molecular weight is 295 g/mol. The Bertz CT molecular complexity index is 344. The van der Waals surface area contributed by atoms with E-state index in [0.29, 0.717) is 38.9 Å². The SMILES string of the molecule is CN=C(NCCCOCCOC)NCCS(C)(=O)=O. The van der Waals surface area contributed by atoms with Gasteiger partial charge in [0.2, 0.25) is 0 Å². The minimum absolute atomic E-state index is 0.0911. The number of hydrogen-bond donors (Lipinski definition) is 2. The van der Waals surface area contributed by atoms with Gasteiger partial charge in [-0.15, -0.1) is 0 Å². The molecule has 0 aromatic rings. The van der Waals surface area contributed by atoms with E-state index in [1.54, 1.807) is 14.2 Å². The molecule has 0 aliphatic carbocycles. The van der Waals surface area contributed by atoms with Crippen molar-refractivity contribution in [3.8, 4) is 0 Å². The Hall–Kier alpha value is -0.860. The average Bonchev–Trinajstić information content (AvgIpc) is 2.34. The molecule has 0 atom stereocenters. The van der Waals surface area contributed by atoms with E-state index in [0.717, 1.165) is 6.42 Å². The molecule has 0 radical (unpaired) electrons. The van der Waals surface area contributed by atoms with Crippen molar-refractivity contribution in [3.63, 3.8) is 0 Å². The summed E-state index contributed by atoms with van der Waals surface area (Å²) in [6.45, 7) is 2.91. The van der Waals surface area contributed by atoms with Gasteiger partial charge in [-0.1, -0.05) is 0 Å². The molecule has 0 saturated carbocycles. The number of guanidine groups is 1. The van der Waals surface area contributed by atoms with Crippen molar-refractivity contribution in [1.82, 2.24) is 10.6 Å². The largest absolute Gasteiger partial charge is 0.382 e. The van der Waals surface area contributed by atoms with Crippen molar-refractivity contribution in [3.05, 3.63) is 0 Å². The third kappa shape index (κ3) is 13.4. The molecule has 0 amide bonds. The number of sulfone groups is 1. The Balaban J connectivity index is 3.55. The Morgan fingerprint density at radius 3 is 2.42 bits per heavy atom. The standard InChI is InChI=1S/C11H25N3O4S/c1-12-11(14-6-10-19(3,15)16)13-5-4-7-18-9-8-17-2/h4-10H2,1-3H3,(H2,12,13,14). The summed E-state index contributed by atoms with van der Waals surface area (Å²) in [5.41, 5.74) is 0. The third-order valence-corrected chi connectivity index (χ3v) is 3.12. The minimum atomic E-state index is -2.94. The number of hydrogen-bond acceptors (Lipinski definition) is 5. The molecule has 0 unspecified atom stereocenters. The molecule has 0 spiro atoms. The van der Waals surface area contributed by atoms with E-state index in [1.807, 2.05) is 0 Å². The molecule has 114 valence electrons. The summed E-state index contributed by atoms with van der Waals surface area (Å²) in [5.74, 6) is 0.689. The second-order valence-corrected chi connectivity index (χ2v) is 6.27.